The Morgan fingerprint density at radius 2 is 2.19 bits per heavy atom. The molecule has 2 aromatic rings. The van der Waals surface area contributed by atoms with E-state index in [-0.39, 0.29) is 5.56 Å². The molecule has 82 valence electrons. The molecule has 0 aliphatic rings. The monoisotopic (exact) mass is 217 g/mol. The third-order valence-corrected chi connectivity index (χ3v) is 2.33. The molecule has 0 aliphatic heterocycles. The van der Waals surface area contributed by atoms with Crippen LogP contribution in [0.4, 0.5) is 0 Å². The van der Waals surface area contributed by atoms with Gasteiger partial charge in [0.1, 0.15) is 5.56 Å². The van der Waals surface area contributed by atoms with E-state index in [1.807, 2.05) is 19.1 Å². The zero-order chi connectivity index (χ0) is 11.7. The number of nitrogens with zero attached hydrogens (tertiary/aromatic N) is 3. The van der Waals surface area contributed by atoms with Gasteiger partial charge in [-0.2, -0.15) is 5.10 Å². The number of pyridine rings is 1. The van der Waals surface area contributed by atoms with Gasteiger partial charge in [0.25, 0.3) is 0 Å². The molecule has 0 bridgehead atoms. The molecule has 2 aromatic heterocycles. The Hall–Kier alpha value is -2.17. The molecule has 0 spiro atoms. The molecule has 0 saturated carbocycles. The number of hydrogen-bond acceptors (Lipinski definition) is 3. The molecule has 0 aliphatic carbocycles. The summed E-state index contributed by atoms with van der Waals surface area (Å²) < 4.78 is 1.49. The molecule has 0 radical (unpaired) electrons. The smallest absolute Gasteiger partial charge is 0.339 e. The summed E-state index contributed by atoms with van der Waals surface area (Å²) in [5.74, 6) is -0.324. The SMILES string of the molecule is Cc1cccnc1-n1cc(C(=O)O)c(C)n1. The first-order valence-electron chi connectivity index (χ1n) is 4.81. The van der Waals surface area contributed by atoms with Crippen LogP contribution >= 0.6 is 0 Å². The van der Waals surface area contributed by atoms with E-state index >= 15 is 0 Å². The predicted octanol–water partition coefficient (Wildman–Crippen LogP) is 1.58. The molecule has 5 nitrogen and oxygen atoms in total. The molecule has 2 heterocycles. The van der Waals surface area contributed by atoms with Crippen LogP contribution in [-0.2, 0) is 0 Å². The Morgan fingerprint density at radius 1 is 1.44 bits per heavy atom. The maximum atomic E-state index is 10.9. The minimum absolute atomic E-state index is 0.199. The summed E-state index contributed by atoms with van der Waals surface area (Å²) in [7, 11) is 0. The number of carbonyl (C=O) groups is 1. The van der Waals surface area contributed by atoms with Gasteiger partial charge in [0.05, 0.1) is 5.69 Å². The lowest BCUT2D eigenvalue weighted by atomic mass is 10.3. The number of carboxylic acids is 1. The van der Waals surface area contributed by atoms with Crippen molar-refractivity contribution in [2.45, 2.75) is 13.8 Å². The van der Waals surface area contributed by atoms with E-state index in [4.69, 9.17) is 5.11 Å². The molecule has 2 rings (SSSR count). The fraction of sp³-hybridized carbons (Fsp3) is 0.182. The van der Waals surface area contributed by atoms with Crippen LogP contribution in [0.15, 0.2) is 24.5 Å². The Morgan fingerprint density at radius 3 is 2.75 bits per heavy atom. The van der Waals surface area contributed by atoms with Crippen molar-refractivity contribution >= 4 is 5.97 Å². The van der Waals surface area contributed by atoms with Crippen molar-refractivity contribution in [3.8, 4) is 5.82 Å². The first-order valence-corrected chi connectivity index (χ1v) is 4.81. The fourth-order valence-corrected chi connectivity index (χ4v) is 1.50. The first kappa shape index (κ1) is 10.4. The second-order valence-corrected chi connectivity index (χ2v) is 3.52. The van der Waals surface area contributed by atoms with E-state index in [0.717, 1.165) is 5.56 Å². The highest BCUT2D eigenvalue weighted by molar-refractivity contribution is 5.88. The molecule has 5 heteroatoms. The minimum Gasteiger partial charge on any atom is -0.478 e. The van der Waals surface area contributed by atoms with Gasteiger partial charge in [-0.25, -0.2) is 14.5 Å². The van der Waals surface area contributed by atoms with Crippen LogP contribution in [0.5, 0.6) is 0 Å². The van der Waals surface area contributed by atoms with Crippen LogP contribution < -0.4 is 0 Å². The summed E-state index contributed by atoms with van der Waals surface area (Å²) in [5, 5.41) is 13.1. The van der Waals surface area contributed by atoms with Crippen molar-refractivity contribution < 1.29 is 9.90 Å². The first-order chi connectivity index (χ1) is 7.59. The summed E-state index contributed by atoms with van der Waals surface area (Å²) >= 11 is 0. The molecule has 0 saturated heterocycles. The third-order valence-electron chi connectivity index (χ3n) is 2.33. The number of aryl methyl sites for hydroxylation is 2. The molecular weight excluding hydrogens is 206 g/mol. The standard InChI is InChI=1S/C11H11N3O2/c1-7-4-3-5-12-10(7)14-6-9(11(15)16)8(2)13-14/h3-6H,1-2H3,(H,15,16). The zero-order valence-corrected chi connectivity index (χ0v) is 9.01. The Bertz CT molecular complexity index is 546. The van der Waals surface area contributed by atoms with E-state index < -0.39 is 5.97 Å². The average Bonchev–Trinajstić information content (AvgIpc) is 2.61. The second-order valence-electron chi connectivity index (χ2n) is 3.52. The maximum absolute atomic E-state index is 10.9. The highest BCUT2D eigenvalue weighted by atomic mass is 16.4. The van der Waals surface area contributed by atoms with Gasteiger partial charge in [-0.3, -0.25) is 0 Å². The molecule has 0 atom stereocenters. The highest BCUT2D eigenvalue weighted by Crippen LogP contribution is 2.12. The summed E-state index contributed by atoms with van der Waals surface area (Å²) in [4.78, 5) is 15.0. The van der Waals surface area contributed by atoms with Gasteiger partial charge in [0, 0.05) is 12.4 Å². The lowest BCUT2D eigenvalue weighted by Gasteiger charge is -2.02. The summed E-state index contributed by atoms with van der Waals surface area (Å²) in [5.41, 5.74) is 1.63. The topological polar surface area (TPSA) is 68.0 Å². The Labute approximate surface area is 92.4 Å². The van der Waals surface area contributed by atoms with Gasteiger partial charge < -0.3 is 5.11 Å². The van der Waals surface area contributed by atoms with Crippen LogP contribution in [0.2, 0.25) is 0 Å². The zero-order valence-electron chi connectivity index (χ0n) is 9.01. The van der Waals surface area contributed by atoms with Crippen molar-refractivity contribution in [3.63, 3.8) is 0 Å². The van der Waals surface area contributed by atoms with Gasteiger partial charge in [-0.05, 0) is 25.5 Å². The lowest BCUT2D eigenvalue weighted by Crippen LogP contribution is -2.00. The van der Waals surface area contributed by atoms with E-state index in [1.54, 1.807) is 13.1 Å². The van der Waals surface area contributed by atoms with Crippen LogP contribution in [0.25, 0.3) is 5.82 Å². The summed E-state index contributed by atoms with van der Waals surface area (Å²) in [6, 6.07) is 3.73. The summed E-state index contributed by atoms with van der Waals surface area (Å²) in [6.07, 6.45) is 3.13. The highest BCUT2D eigenvalue weighted by Gasteiger charge is 2.13. The Kier molecular flexibility index (Phi) is 2.44. The van der Waals surface area contributed by atoms with Crippen molar-refractivity contribution in [1.29, 1.82) is 0 Å². The predicted molar refractivity (Wildman–Crippen MR) is 57.8 cm³/mol. The Balaban J connectivity index is 2.54. The number of rotatable bonds is 2. The van der Waals surface area contributed by atoms with Crippen molar-refractivity contribution in [2.75, 3.05) is 0 Å². The van der Waals surface area contributed by atoms with Gasteiger partial charge in [-0.1, -0.05) is 6.07 Å². The van der Waals surface area contributed by atoms with Crippen LogP contribution in [-0.4, -0.2) is 25.8 Å². The van der Waals surface area contributed by atoms with Crippen LogP contribution in [0.1, 0.15) is 21.6 Å². The van der Waals surface area contributed by atoms with Gasteiger partial charge >= 0.3 is 5.97 Å². The van der Waals surface area contributed by atoms with Gasteiger partial charge in [0.2, 0.25) is 0 Å². The van der Waals surface area contributed by atoms with Crippen molar-refractivity contribution in [1.82, 2.24) is 14.8 Å². The molecule has 0 aromatic carbocycles. The fourth-order valence-electron chi connectivity index (χ4n) is 1.50. The van der Waals surface area contributed by atoms with Gasteiger partial charge in [-0.15, -0.1) is 0 Å². The number of hydrogen-bond donors (Lipinski definition) is 1. The van der Waals surface area contributed by atoms with Gasteiger partial charge in [0.15, 0.2) is 5.82 Å². The molecule has 0 amide bonds. The summed E-state index contributed by atoms with van der Waals surface area (Å²) in [6.45, 7) is 3.57. The number of aromatic nitrogens is 3. The quantitative estimate of drug-likeness (QED) is 0.829. The van der Waals surface area contributed by atoms with E-state index in [0.29, 0.717) is 11.5 Å². The third kappa shape index (κ3) is 1.67. The molecule has 0 fully saturated rings. The van der Waals surface area contributed by atoms with Crippen molar-refractivity contribution in [2.24, 2.45) is 0 Å². The van der Waals surface area contributed by atoms with E-state index in [2.05, 4.69) is 10.1 Å². The maximum Gasteiger partial charge on any atom is 0.339 e. The van der Waals surface area contributed by atoms with E-state index in [9.17, 15) is 4.79 Å². The lowest BCUT2D eigenvalue weighted by molar-refractivity contribution is 0.0696. The largest absolute Gasteiger partial charge is 0.478 e. The molecule has 1 N–H and O–H groups in total. The van der Waals surface area contributed by atoms with Crippen LogP contribution in [0.3, 0.4) is 0 Å². The average molecular weight is 217 g/mol. The van der Waals surface area contributed by atoms with Crippen molar-refractivity contribution in [3.05, 3.63) is 41.3 Å². The van der Waals surface area contributed by atoms with Crippen LogP contribution in [0, 0.1) is 13.8 Å². The molecule has 16 heavy (non-hydrogen) atoms. The number of aromatic carboxylic acids is 1. The molecular formula is C11H11N3O2. The van der Waals surface area contributed by atoms with E-state index in [1.165, 1.54) is 10.9 Å². The minimum atomic E-state index is -0.975. The normalized spacial score (nSPS) is 10.4. The second kappa shape index (κ2) is 3.77. The molecule has 0 unspecified atom stereocenters. The number of carboxylic acid groups (broad SMARTS) is 1.